The van der Waals surface area contributed by atoms with E-state index >= 15 is 0 Å². The molecule has 0 spiro atoms. The van der Waals surface area contributed by atoms with Crippen molar-refractivity contribution in [2.75, 3.05) is 24.3 Å². The van der Waals surface area contributed by atoms with Crippen LogP contribution in [-0.2, 0) is 25.6 Å². The van der Waals surface area contributed by atoms with Gasteiger partial charge < -0.3 is 31.8 Å². The standard InChI is InChI=1S/C16H26N6O5S2/c1-29-3-2-11(21-13(23)6-19-14(24)10(17)7-28)15(25)22-12(16(26)27)4-9-5-18-8-20-9/h5,8,10-12,28H,2-4,6-7,17H2,1H3,(H,18,20)(H,19,24)(H,21,23)(H,22,25)(H,26,27). The Labute approximate surface area is 177 Å². The number of thiol groups is 1. The molecule has 0 fully saturated rings. The molecular formula is C16H26N6O5S2. The molecule has 0 aliphatic carbocycles. The number of carbonyl (C=O) groups is 4. The number of H-pyrrole nitrogens is 1. The average Bonchev–Trinajstić information content (AvgIpc) is 3.20. The minimum Gasteiger partial charge on any atom is -0.480 e. The van der Waals surface area contributed by atoms with Gasteiger partial charge in [0.05, 0.1) is 18.9 Å². The van der Waals surface area contributed by atoms with Crippen LogP contribution in [0.2, 0.25) is 0 Å². The number of rotatable bonds is 13. The summed E-state index contributed by atoms with van der Waals surface area (Å²) in [4.78, 5) is 54.4. The van der Waals surface area contributed by atoms with Crippen LogP contribution in [0.15, 0.2) is 12.5 Å². The van der Waals surface area contributed by atoms with Crippen molar-refractivity contribution in [2.45, 2.75) is 31.0 Å². The summed E-state index contributed by atoms with van der Waals surface area (Å²) in [7, 11) is 0. The van der Waals surface area contributed by atoms with Crippen LogP contribution in [0.1, 0.15) is 12.1 Å². The molecule has 3 atom stereocenters. The van der Waals surface area contributed by atoms with Crippen LogP contribution in [0.25, 0.3) is 0 Å². The first kappa shape index (κ1) is 24.8. The molecule has 0 bridgehead atoms. The topological polar surface area (TPSA) is 179 Å². The van der Waals surface area contributed by atoms with Crippen molar-refractivity contribution >= 4 is 48.1 Å². The van der Waals surface area contributed by atoms with Crippen molar-refractivity contribution in [3.8, 4) is 0 Å². The predicted octanol–water partition coefficient (Wildman–Crippen LogP) is -1.87. The molecular weight excluding hydrogens is 420 g/mol. The Morgan fingerprint density at radius 3 is 2.55 bits per heavy atom. The third-order valence-electron chi connectivity index (χ3n) is 3.81. The smallest absolute Gasteiger partial charge is 0.326 e. The quantitative estimate of drug-likeness (QED) is 0.172. The average molecular weight is 447 g/mol. The molecule has 11 nitrogen and oxygen atoms in total. The first-order valence-corrected chi connectivity index (χ1v) is 10.7. The summed E-state index contributed by atoms with van der Waals surface area (Å²) in [6.45, 7) is -0.361. The van der Waals surface area contributed by atoms with Crippen molar-refractivity contribution in [3.63, 3.8) is 0 Å². The molecule has 0 saturated carbocycles. The summed E-state index contributed by atoms with van der Waals surface area (Å²) >= 11 is 5.38. The Hall–Kier alpha value is -2.25. The van der Waals surface area contributed by atoms with Gasteiger partial charge in [-0.2, -0.15) is 24.4 Å². The maximum Gasteiger partial charge on any atom is 0.326 e. The van der Waals surface area contributed by atoms with Gasteiger partial charge in [0, 0.05) is 24.1 Å². The minimum absolute atomic E-state index is 0.0158. The fourth-order valence-corrected chi connectivity index (χ4v) is 2.86. The SMILES string of the molecule is CSCCC(NC(=O)CNC(=O)C(N)CS)C(=O)NC(Cc1cnc[nH]1)C(=O)O. The molecule has 29 heavy (non-hydrogen) atoms. The van der Waals surface area contributed by atoms with Crippen LogP contribution in [-0.4, -0.2) is 81.2 Å². The fraction of sp³-hybridized carbons (Fsp3) is 0.562. The monoisotopic (exact) mass is 446 g/mol. The van der Waals surface area contributed by atoms with Crippen LogP contribution in [0.3, 0.4) is 0 Å². The van der Waals surface area contributed by atoms with Gasteiger partial charge in [-0.05, 0) is 18.4 Å². The zero-order chi connectivity index (χ0) is 21.8. The van der Waals surface area contributed by atoms with Crippen LogP contribution >= 0.6 is 24.4 Å². The lowest BCUT2D eigenvalue weighted by molar-refractivity contribution is -0.142. The predicted molar refractivity (Wildman–Crippen MR) is 112 cm³/mol. The van der Waals surface area contributed by atoms with Gasteiger partial charge in [0.25, 0.3) is 0 Å². The minimum atomic E-state index is -1.21. The van der Waals surface area contributed by atoms with Crippen LogP contribution < -0.4 is 21.7 Å². The van der Waals surface area contributed by atoms with Crippen molar-refractivity contribution in [1.29, 1.82) is 0 Å². The highest BCUT2D eigenvalue weighted by atomic mass is 32.2. The number of nitrogens with zero attached hydrogens (tertiary/aromatic N) is 1. The molecule has 0 radical (unpaired) electrons. The second-order valence-electron chi connectivity index (χ2n) is 6.09. The van der Waals surface area contributed by atoms with E-state index in [1.54, 1.807) is 0 Å². The maximum atomic E-state index is 12.6. The van der Waals surface area contributed by atoms with E-state index in [1.165, 1.54) is 24.3 Å². The summed E-state index contributed by atoms with van der Waals surface area (Å²) in [5.74, 6) is -2.28. The molecule has 1 heterocycles. The fourth-order valence-electron chi connectivity index (χ4n) is 2.22. The van der Waals surface area contributed by atoms with E-state index in [-0.39, 0.29) is 18.7 Å². The lowest BCUT2D eigenvalue weighted by atomic mass is 10.1. The number of carbonyl (C=O) groups excluding carboxylic acids is 3. The van der Waals surface area contributed by atoms with E-state index in [0.717, 1.165) is 0 Å². The Kier molecular flexibility index (Phi) is 11.2. The number of aromatic nitrogens is 2. The number of carboxylic acids is 1. The van der Waals surface area contributed by atoms with Gasteiger partial charge >= 0.3 is 5.97 Å². The van der Waals surface area contributed by atoms with Crippen LogP contribution in [0.5, 0.6) is 0 Å². The number of hydrogen-bond donors (Lipinski definition) is 7. The molecule has 0 aliphatic heterocycles. The maximum absolute atomic E-state index is 12.6. The first-order valence-electron chi connectivity index (χ1n) is 8.71. The molecule has 0 saturated heterocycles. The summed E-state index contributed by atoms with van der Waals surface area (Å²) in [6.07, 6.45) is 5.02. The second kappa shape index (κ2) is 13.1. The number of nitrogens with one attached hydrogen (secondary N) is 4. The van der Waals surface area contributed by atoms with Gasteiger partial charge in [0.15, 0.2) is 0 Å². The van der Waals surface area contributed by atoms with Crippen molar-refractivity contribution in [1.82, 2.24) is 25.9 Å². The molecule has 162 valence electrons. The molecule has 7 N–H and O–H groups in total. The molecule has 0 aliphatic rings. The molecule has 1 aromatic rings. The van der Waals surface area contributed by atoms with E-state index in [1.807, 2.05) is 6.26 Å². The van der Waals surface area contributed by atoms with Crippen molar-refractivity contribution in [3.05, 3.63) is 18.2 Å². The number of nitrogens with two attached hydrogens (primary N) is 1. The van der Waals surface area contributed by atoms with Gasteiger partial charge in [-0.1, -0.05) is 0 Å². The number of carboxylic acid groups (broad SMARTS) is 1. The van der Waals surface area contributed by atoms with E-state index in [2.05, 4.69) is 38.5 Å². The van der Waals surface area contributed by atoms with Crippen LogP contribution in [0, 0.1) is 0 Å². The molecule has 13 heteroatoms. The summed E-state index contributed by atoms with van der Waals surface area (Å²) in [5, 5.41) is 16.7. The van der Waals surface area contributed by atoms with E-state index in [4.69, 9.17) is 5.73 Å². The largest absolute Gasteiger partial charge is 0.480 e. The first-order chi connectivity index (χ1) is 13.8. The molecule has 1 rings (SSSR count). The number of hydrogen-bond acceptors (Lipinski definition) is 8. The molecule has 0 aromatic carbocycles. The van der Waals surface area contributed by atoms with Crippen molar-refractivity contribution < 1.29 is 24.3 Å². The summed E-state index contributed by atoms with van der Waals surface area (Å²) in [5.41, 5.74) is 6.05. The van der Waals surface area contributed by atoms with E-state index < -0.39 is 41.8 Å². The van der Waals surface area contributed by atoms with E-state index in [9.17, 15) is 24.3 Å². The number of aliphatic carboxylic acids is 1. The van der Waals surface area contributed by atoms with Gasteiger partial charge in [-0.3, -0.25) is 14.4 Å². The van der Waals surface area contributed by atoms with Gasteiger partial charge in [-0.15, -0.1) is 0 Å². The third-order valence-corrected chi connectivity index (χ3v) is 4.85. The Morgan fingerprint density at radius 1 is 1.28 bits per heavy atom. The highest BCUT2D eigenvalue weighted by molar-refractivity contribution is 7.98. The number of aromatic amines is 1. The van der Waals surface area contributed by atoms with Gasteiger partial charge in [0.2, 0.25) is 17.7 Å². The molecule has 3 amide bonds. The number of amides is 3. The van der Waals surface area contributed by atoms with E-state index in [0.29, 0.717) is 17.9 Å². The molecule has 3 unspecified atom stereocenters. The van der Waals surface area contributed by atoms with Gasteiger partial charge in [0.1, 0.15) is 12.1 Å². The zero-order valence-electron chi connectivity index (χ0n) is 15.9. The third kappa shape index (κ3) is 9.19. The van der Waals surface area contributed by atoms with Crippen LogP contribution in [0.4, 0.5) is 0 Å². The molecule has 1 aromatic heterocycles. The lowest BCUT2D eigenvalue weighted by Crippen LogP contribution is -2.54. The Morgan fingerprint density at radius 2 is 2.00 bits per heavy atom. The van der Waals surface area contributed by atoms with Crippen molar-refractivity contribution in [2.24, 2.45) is 5.73 Å². The lowest BCUT2D eigenvalue weighted by Gasteiger charge is -2.21. The summed E-state index contributed by atoms with van der Waals surface area (Å²) in [6, 6.07) is -2.99. The Balaban J connectivity index is 2.68. The number of imidazole rings is 1. The van der Waals surface area contributed by atoms with Gasteiger partial charge in [-0.25, -0.2) is 9.78 Å². The normalized spacial score (nSPS) is 13.8. The second-order valence-corrected chi connectivity index (χ2v) is 7.44. The highest BCUT2D eigenvalue weighted by Gasteiger charge is 2.27. The highest BCUT2D eigenvalue weighted by Crippen LogP contribution is 2.04. The summed E-state index contributed by atoms with van der Waals surface area (Å²) < 4.78 is 0. The Bertz CT molecular complexity index is 687. The number of thioether (sulfide) groups is 1. The zero-order valence-corrected chi connectivity index (χ0v) is 17.6.